The van der Waals surface area contributed by atoms with E-state index in [9.17, 15) is 0 Å². The third-order valence-electron chi connectivity index (χ3n) is 4.34. The number of benzene rings is 1. The maximum atomic E-state index is 4.58. The number of nitrogens with zero attached hydrogens (tertiary/aromatic N) is 2. The first-order chi connectivity index (χ1) is 11.6. The zero-order chi connectivity index (χ0) is 17.1. The van der Waals surface area contributed by atoms with Crippen LogP contribution in [0.25, 0.3) is 0 Å². The second-order valence-electron chi connectivity index (χ2n) is 6.14. The molecule has 0 radical (unpaired) electrons. The van der Waals surface area contributed by atoms with Crippen molar-refractivity contribution in [3.63, 3.8) is 0 Å². The van der Waals surface area contributed by atoms with E-state index in [1.807, 2.05) is 7.05 Å². The Labute approximate surface area is 155 Å². The number of aryl methyl sites for hydroxylation is 2. The molecule has 2 unspecified atom stereocenters. The van der Waals surface area contributed by atoms with Crippen LogP contribution < -0.4 is 10.6 Å². The van der Waals surface area contributed by atoms with E-state index in [4.69, 9.17) is 0 Å². The molecule has 1 aliphatic rings. The molecule has 4 nitrogen and oxygen atoms in total. The fourth-order valence-corrected chi connectivity index (χ4v) is 3.93. The van der Waals surface area contributed by atoms with Crippen LogP contribution in [-0.4, -0.2) is 30.6 Å². The summed E-state index contributed by atoms with van der Waals surface area (Å²) in [7, 11) is 1.82. The molecule has 1 aliphatic carbocycles. The second-order valence-corrected chi connectivity index (χ2v) is 8.35. The van der Waals surface area contributed by atoms with Crippen LogP contribution in [0.3, 0.4) is 0 Å². The zero-order valence-corrected chi connectivity index (χ0v) is 16.7. The van der Waals surface area contributed by atoms with Gasteiger partial charge in [-0.05, 0) is 38.0 Å². The molecule has 0 spiro atoms. The van der Waals surface area contributed by atoms with E-state index in [1.165, 1.54) is 15.4 Å². The number of rotatable bonds is 5. The lowest BCUT2D eigenvalue weighted by atomic mass is 10.1. The van der Waals surface area contributed by atoms with Gasteiger partial charge in [-0.3, -0.25) is 4.99 Å². The van der Waals surface area contributed by atoms with E-state index in [2.05, 4.69) is 74.7 Å². The highest BCUT2D eigenvalue weighted by Crippen LogP contribution is 2.40. The van der Waals surface area contributed by atoms with Crippen LogP contribution in [0.5, 0.6) is 0 Å². The van der Waals surface area contributed by atoms with Crippen LogP contribution in [-0.2, 0) is 6.42 Å². The maximum Gasteiger partial charge on any atom is 0.191 e. The monoisotopic (exact) mass is 406 g/mol. The smallest absolute Gasteiger partial charge is 0.191 e. The van der Waals surface area contributed by atoms with Gasteiger partial charge in [0.15, 0.2) is 5.96 Å². The van der Waals surface area contributed by atoms with Crippen molar-refractivity contribution in [1.29, 1.82) is 0 Å². The Balaban J connectivity index is 1.45. The topological polar surface area (TPSA) is 49.3 Å². The van der Waals surface area contributed by atoms with E-state index in [0.29, 0.717) is 12.0 Å². The van der Waals surface area contributed by atoms with Gasteiger partial charge in [-0.25, -0.2) is 4.98 Å². The Morgan fingerprint density at radius 2 is 2.08 bits per heavy atom. The number of guanidine groups is 1. The van der Waals surface area contributed by atoms with Crippen molar-refractivity contribution in [3.8, 4) is 0 Å². The third-order valence-corrected chi connectivity index (χ3v) is 6.00. The molecular formula is C18H23BrN4S. The minimum atomic E-state index is 0.474. The highest BCUT2D eigenvalue weighted by atomic mass is 79.9. The van der Waals surface area contributed by atoms with Crippen LogP contribution in [0.2, 0.25) is 0 Å². The second kappa shape index (κ2) is 7.66. The van der Waals surface area contributed by atoms with Gasteiger partial charge in [0.1, 0.15) is 0 Å². The lowest BCUT2D eigenvalue weighted by Gasteiger charge is -2.11. The van der Waals surface area contributed by atoms with Crippen molar-refractivity contribution in [2.45, 2.75) is 38.6 Å². The van der Waals surface area contributed by atoms with E-state index in [1.54, 1.807) is 11.3 Å². The first-order valence-corrected chi connectivity index (χ1v) is 9.83. The molecule has 2 aromatic rings. The van der Waals surface area contributed by atoms with Gasteiger partial charge in [0.2, 0.25) is 0 Å². The quantitative estimate of drug-likeness (QED) is 0.586. The van der Waals surface area contributed by atoms with Crippen molar-refractivity contribution in [2.75, 3.05) is 13.6 Å². The van der Waals surface area contributed by atoms with Gasteiger partial charge in [-0.2, -0.15) is 0 Å². The molecule has 1 fully saturated rings. The number of nitrogens with one attached hydrogen (secondary N) is 2. The first-order valence-electron chi connectivity index (χ1n) is 8.22. The molecule has 1 saturated carbocycles. The summed E-state index contributed by atoms with van der Waals surface area (Å²) >= 11 is 5.27. The molecule has 1 aromatic heterocycles. The number of halogens is 1. The van der Waals surface area contributed by atoms with Gasteiger partial charge in [-0.15, -0.1) is 11.3 Å². The third kappa shape index (κ3) is 4.36. The summed E-state index contributed by atoms with van der Waals surface area (Å²) in [6.07, 6.45) is 2.09. The van der Waals surface area contributed by atoms with Crippen molar-refractivity contribution in [3.05, 3.63) is 49.9 Å². The Hall–Kier alpha value is -1.40. The van der Waals surface area contributed by atoms with E-state index in [-0.39, 0.29) is 0 Å². The summed E-state index contributed by atoms with van der Waals surface area (Å²) in [6, 6.07) is 9.08. The lowest BCUT2D eigenvalue weighted by Crippen LogP contribution is -2.39. The Kier molecular flexibility index (Phi) is 5.56. The highest BCUT2D eigenvalue weighted by Gasteiger charge is 2.38. The number of aromatic nitrogens is 1. The predicted molar refractivity (Wildman–Crippen MR) is 105 cm³/mol. The van der Waals surface area contributed by atoms with Gasteiger partial charge in [0.05, 0.1) is 10.7 Å². The normalized spacial score (nSPS) is 20.1. The SMILES string of the molecule is CN=C(NCCc1nc(C)c(C)s1)NC1CC1c1ccc(Br)cc1. The molecule has 0 saturated heterocycles. The Bertz CT molecular complexity index is 704. The highest BCUT2D eigenvalue weighted by molar-refractivity contribution is 9.10. The Morgan fingerprint density at radius 3 is 2.71 bits per heavy atom. The minimum absolute atomic E-state index is 0.474. The molecule has 3 rings (SSSR count). The number of thiazole rings is 1. The average molecular weight is 407 g/mol. The number of hydrogen-bond donors (Lipinski definition) is 2. The van der Waals surface area contributed by atoms with Gasteiger partial charge < -0.3 is 10.6 Å². The minimum Gasteiger partial charge on any atom is -0.356 e. The number of hydrogen-bond acceptors (Lipinski definition) is 3. The van der Waals surface area contributed by atoms with Gasteiger partial charge in [-0.1, -0.05) is 28.1 Å². The summed E-state index contributed by atoms with van der Waals surface area (Å²) in [5, 5.41) is 8.10. The van der Waals surface area contributed by atoms with Crippen molar-refractivity contribution < 1.29 is 0 Å². The van der Waals surface area contributed by atoms with Crippen molar-refractivity contribution in [2.24, 2.45) is 4.99 Å². The maximum absolute atomic E-state index is 4.58. The molecule has 0 bridgehead atoms. The molecule has 1 heterocycles. The summed E-state index contributed by atoms with van der Waals surface area (Å²) in [6.45, 7) is 5.04. The van der Waals surface area contributed by atoms with Gasteiger partial charge in [0.25, 0.3) is 0 Å². The van der Waals surface area contributed by atoms with Crippen LogP contribution in [0.15, 0.2) is 33.7 Å². The molecule has 128 valence electrons. The largest absolute Gasteiger partial charge is 0.356 e. The molecule has 6 heteroatoms. The number of aliphatic imine (C=N–C) groups is 1. The van der Waals surface area contributed by atoms with Crippen LogP contribution in [0.1, 0.15) is 33.5 Å². The molecule has 1 aromatic carbocycles. The van der Waals surface area contributed by atoms with E-state index >= 15 is 0 Å². The molecule has 2 atom stereocenters. The molecule has 24 heavy (non-hydrogen) atoms. The van der Waals surface area contributed by atoms with Crippen LogP contribution >= 0.6 is 27.3 Å². The fourth-order valence-electron chi connectivity index (χ4n) is 2.74. The molecule has 0 aliphatic heterocycles. The molecule has 2 N–H and O–H groups in total. The van der Waals surface area contributed by atoms with Crippen molar-refractivity contribution in [1.82, 2.24) is 15.6 Å². The summed E-state index contributed by atoms with van der Waals surface area (Å²) in [5.74, 6) is 1.46. The van der Waals surface area contributed by atoms with E-state index in [0.717, 1.165) is 35.5 Å². The fraction of sp³-hybridized carbons (Fsp3) is 0.444. The first kappa shape index (κ1) is 17.4. The van der Waals surface area contributed by atoms with Crippen LogP contribution in [0, 0.1) is 13.8 Å². The van der Waals surface area contributed by atoms with Crippen LogP contribution in [0.4, 0.5) is 0 Å². The van der Waals surface area contributed by atoms with Gasteiger partial charge in [0, 0.05) is 41.3 Å². The average Bonchev–Trinajstić information content (AvgIpc) is 3.25. The zero-order valence-electron chi connectivity index (χ0n) is 14.3. The van der Waals surface area contributed by atoms with E-state index < -0.39 is 0 Å². The van der Waals surface area contributed by atoms with Gasteiger partial charge >= 0.3 is 0 Å². The Morgan fingerprint density at radius 1 is 1.33 bits per heavy atom. The predicted octanol–water partition coefficient (Wildman–Crippen LogP) is 3.79. The summed E-state index contributed by atoms with van der Waals surface area (Å²) in [4.78, 5) is 10.2. The lowest BCUT2D eigenvalue weighted by molar-refractivity contribution is 0.777. The summed E-state index contributed by atoms with van der Waals surface area (Å²) < 4.78 is 1.13. The standard InChI is InChI=1S/C18H23BrN4S/c1-11-12(2)24-17(22-11)8-9-21-18(20-3)23-16-10-15(16)13-4-6-14(19)7-5-13/h4-7,15-16H,8-10H2,1-3H3,(H2,20,21,23). The molecular weight excluding hydrogens is 384 g/mol. The summed E-state index contributed by atoms with van der Waals surface area (Å²) in [5.41, 5.74) is 2.53. The molecule has 0 amide bonds. The van der Waals surface area contributed by atoms with Crippen molar-refractivity contribution >= 4 is 33.2 Å².